The molecule has 0 saturated heterocycles. The Labute approximate surface area is 122 Å². The SMILES string of the molecule is CCCC/C=C/CCCCCCN(CCC)CCC. The van der Waals surface area contributed by atoms with Crippen LogP contribution in [0.25, 0.3) is 0 Å². The number of hydrogen-bond donors (Lipinski definition) is 0. The van der Waals surface area contributed by atoms with Crippen molar-refractivity contribution in [2.24, 2.45) is 0 Å². The van der Waals surface area contributed by atoms with Gasteiger partial charge in [-0.2, -0.15) is 0 Å². The Morgan fingerprint density at radius 2 is 1.16 bits per heavy atom. The Hall–Kier alpha value is -0.300. The molecule has 0 unspecified atom stereocenters. The molecule has 1 heteroatoms. The lowest BCUT2D eigenvalue weighted by atomic mass is 10.1. The van der Waals surface area contributed by atoms with Gasteiger partial charge in [0.1, 0.15) is 0 Å². The molecular weight excluding hydrogens is 230 g/mol. The molecule has 0 aliphatic rings. The summed E-state index contributed by atoms with van der Waals surface area (Å²) < 4.78 is 0. The average Bonchev–Trinajstić information content (AvgIpc) is 2.41. The third-order valence-corrected chi connectivity index (χ3v) is 3.57. The van der Waals surface area contributed by atoms with Crippen molar-refractivity contribution >= 4 is 0 Å². The van der Waals surface area contributed by atoms with E-state index < -0.39 is 0 Å². The quantitative estimate of drug-likeness (QED) is 0.284. The molecule has 0 aromatic heterocycles. The van der Waals surface area contributed by atoms with Gasteiger partial charge in [0.2, 0.25) is 0 Å². The minimum atomic E-state index is 1.28. The largest absolute Gasteiger partial charge is 0.303 e. The number of hydrogen-bond acceptors (Lipinski definition) is 1. The third-order valence-electron chi connectivity index (χ3n) is 3.57. The van der Waals surface area contributed by atoms with Crippen LogP contribution in [0.2, 0.25) is 0 Å². The molecule has 114 valence electrons. The molecule has 0 rings (SSSR count). The maximum atomic E-state index is 2.63. The van der Waals surface area contributed by atoms with Crippen LogP contribution in [0.5, 0.6) is 0 Å². The van der Waals surface area contributed by atoms with Crippen LogP contribution in [0.3, 0.4) is 0 Å². The Morgan fingerprint density at radius 1 is 0.579 bits per heavy atom. The van der Waals surface area contributed by atoms with Crippen molar-refractivity contribution in [1.82, 2.24) is 4.90 Å². The van der Waals surface area contributed by atoms with E-state index in [1.54, 1.807) is 0 Å². The highest BCUT2D eigenvalue weighted by Crippen LogP contribution is 2.06. The van der Waals surface area contributed by atoms with Gasteiger partial charge in [0.25, 0.3) is 0 Å². The van der Waals surface area contributed by atoms with E-state index in [2.05, 4.69) is 37.8 Å². The van der Waals surface area contributed by atoms with E-state index in [9.17, 15) is 0 Å². The first-order valence-electron chi connectivity index (χ1n) is 8.72. The van der Waals surface area contributed by atoms with Gasteiger partial charge in [-0.25, -0.2) is 0 Å². The van der Waals surface area contributed by atoms with Gasteiger partial charge in [-0.3, -0.25) is 0 Å². The van der Waals surface area contributed by atoms with Gasteiger partial charge in [-0.05, 0) is 58.2 Å². The van der Waals surface area contributed by atoms with Gasteiger partial charge in [0, 0.05) is 0 Å². The summed E-state index contributed by atoms with van der Waals surface area (Å²) in [5.74, 6) is 0. The van der Waals surface area contributed by atoms with Gasteiger partial charge >= 0.3 is 0 Å². The van der Waals surface area contributed by atoms with E-state index in [1.165, 1.54) is 83.8 Å². The molecule has 19 heavy (non-hydrogen) atoms. The van der Waals surface area contributed by atoms with Crippen LogP contribution in [0.1, 0.15) is 85.0 Å². The molecule has 0 bridgehead atoms. The average molecular weight is 268 g/mol. The van der Waals surface area contributed by atoms with Crippen LogP contribution in [-0.4, -0.2) is 24.5 Å². The van der Waals surface area contributed by atoms with Crippen molar-refractivity contribution in [2.75, 3.05) is 19.6 Å². The van der Waals surface area contributed by atoms with Crippen LogP contribution in [0.15, 0.2) is 12.2 Å². The van der Waals surface area contributed by atoms with Gasteiger partial charge in [-0.1, -0.05) is 58.6 Å². The lowest BCUT2D eigenvalue weighted by molar-refractivity contribution is 0.268. The van der Waals surface area contributed by atoms with E-state index in [0.29, 0.717) is 0 Å². The number of rotatable bonds is 14. The summed E-state index contributed by atoms with van der Waals surface area (Å²) in [6.45, 7) is 10.7. The molecule has 0 amide bonds. The minimum Gasteiger partial charge on any atom is -0.303 e. The first-order chi connectivity index (χ1) is 9.35. The van der Waals surface area contributed by atoms with E-state index >= 15 is 0 Å². The summed E-state index contributed by atoms with van der Waals surface area (Å²) in [5, 5.41) is 0. The lowest BCUT2D eigenvalue weighted by Crippen LogP contribution is -2.26. The topological polar surface area (TPSA) is 3.24 Å². The summed E-state index contributed by atoms with van der Waals surface area (Å²) in [6, 6.07) is 0. The fourth-order valence-corrected chi connectivity index (χ4v) is 2.48. The maximum absolute atomic E-state index is 2.63. The normalized spacial score (nSPS) is 11.8. The fourth-order valence-electron chi connectivity index (χ4n) is 2.48. The molecule has 1 nitrogen and oxygen atoms in total. The van der Waals surface area contributed by atoms with Gasteiger partial charge in [0.15, 0.2) is 0 Å². The molecule has 0 radical (unpaired) electrons. The summed E-state index contributed by atoms with van der Waals surface area (Å²) in [4.78, 5) is 2.63. The molecule has 0 N–H and O–H groups in total. The van der Waals surface area contributed by atoms with E-state index in [-0.39, 0.29) is 0 Å². The number of allylic oxidation sites excluding steroid dienone is 2. The highest BCUT2D eigenvalue weighted by atomic mass is 15.1. The van der Waals surface area contributed by atoms with Crippen LogP contribution >= 0.6 is 0 Å². The Balaban J connectivity index is 3.31. The zero-order valence-electron chi connectivity index (χ0n) is 13.8. The Kier molecular flexibility index (Phi) is 15.5. The van der Waals surface area contributed by atoms with Crippen LogP contribution in [0.4, 0.5) is 0 Å². The zero-order chi connectivity index (χ0) is 14.2. The molecule has 0 atom stereocenters. The monoisotopic (exact) mass is 267 g/mol. The van der Waals surface area contributed by atoms with E-state index in [4.69, 9.17) is 0 Å². The molecule has 0 aliphatic carbocycles. The van der Waals surface area contributed by atoms with E-state index in [1.807, 2.05) is 0 Å². The summed E-state index contributed by atoms with van der Waals surface area (Å²) in [7, 11) is 0. The zero-order valence-corrected chi connectivity index (χ0v) is 13.8. The van der Waals surface area contributed by atoms with E-state index in [0.717, 1.165) is 0 Å². The minimum absolute atomic E-state index is 1.28. The highest BCUT2D eigenvalue weighted by Gasteiger charge is 2.01. The first-order valence-corrected chi connectivity index (χ1v) is 8.72. The van der Waals surface area contributed by atoms with Crippen molar-refractivity contribution in [3.05, 3.63) is 12.2 Å². The Bertz CT molecular complexity index is 180. The first kappa shape index (κ1) is 18.7. The van der Waals surface area contributed by atoms with Gasteiger partial charge in [0.05, 0.1) is 0 Å². The second kappa shape index (κ2) is 15.8. The van der Waals surface area contributed by atoms with Gasteiger partial charge in [-0.15, -0.1) is 0 Å². The molecule has 0 aromatic rings. The van der Waals surface area contributed by atoms with Crippen LogP contribution in [0, 0.1) is 0 Å². The van der Waals surface area contributed by atoms with Crippen molar-refractivity contribution in [2.45, 2.75) is 85.0 Å². The maximum Gasteiger partial charge on any atom is -0.00187 e. The van der Waals surface area contributed by atoms with Crippen molar-refractivity contribution in [3.8, 4) is 0 Å². The van der Waals surface area contributed by atoms with Crippen molar-refractivity contribution in [1.29, 1.82) is 0 Å². The second-order valence-corrected chi connectivity index (χ2v) is 5.66. The molecule has 0 fully saturated rings. The number of nitrogens with zero attached hydrogens (tertiary/aromatic N) is 1. The predicted molar refractivity (Wildman–Crippen MR) is 88.8 cm³/mol. The molecule has 0 aromatic carbocycles. The summed E-state index contributed by atoms with van der Waals surface area (Å²) >= 11 is 0. The number of unbranched alkanes of at least 4 members (excludes halogenated alkanes) is 6. The van der Waals surface area contributed by atoms with Crippen LogP contribution < -0.4 is 0 Å². The van der Waals surface area contributed by atoms with Crippen molar-refractivity contribution in [3.63, 3.8) is 0 Å². The molecule has 0 heterocycles. The standard InChI is InChI=1S/C18H37N/c1-4-7-8-9-10-11-12-13-14-15-18-19(16-5-2)17-6-3/h9-10H,4-8,11-18H2,1-3H3/b10-9+. The summed E-state index contributed by atoms with van der Waals surface area (Å²) in [5.41, 5.74) is 0. The summed E-state index contributed by atoms with van der Waals surface area (Å²) in [6.07, 6.45) is 18.2. The molecule has 0 saturated carbocycles. The van der Waals surface area contributed by atoms with Crippen molar-refractivity contribution < 1.29 is 0 Å². The lowest BCUT2D eigenvalue weighted by Gasteiger charge is -2.20. The Morgan fingerprint density at radius 3 is 1.74 bits per heavy atom. The predicted octanol–water partition coefficient (Wildman–Crippen LogP) is 5.81. The van der Waals surface area contributed by atoms with Crippen LogP contribution in [-0.2, 0) is 0 Å². The fraction of sp³-hybridized carbons (Fsp3) is 0.889. The molecular formula is C18H37N. The second-order valence-electron chi connectivity index (χ2n) is 5.66. The third kappa shape index (κ3) is 13.9. The molecule has 0 aliphatic heterocycles. The smallest absolute Gasteiger partial charge is 0.00187 e. The highest BCUT2D eigenvalue weighted by molar-refractivity contribution is 4.81. The molecule has 0 spiro atoms. The van der Waals surface area contributed by atoms with Gasteiger partial charge < -0.3 is 4.90 Å².